The van der Waals surface area contributed by atoms with Gasteiger partial charge in [0.25, 0.3) is 17.1 Å². The molecule has 3 fully saturated rings. The van der Waals surface area contributed by atoms with Gasteiger partial charge in [-0.15, -0.1) is 0 Å². The fourth-order valence-electron chi connectivity index (χ4n) is 8.38. The largest absolute Gasteiger partial charge is 0.490 e. The molecule has 0 amide bonds. The Hall–Kier alpha value is -4.58. The van der Waals surface area contributed by atoms with Crippen LogP contribution < -0.4 is 32.8 Å². The van der Waals surface area contributed by atoms with Crippen LogP contribution in [0.5, 0.6) is 0 Å². The lowest BCUT2D eigenvalue weighted by atomic mass is 9.95. The number of rotatable bonds is 20. The molecule has 5 aromatic rings. The summed E-state index contributed by atoms with van der Waals surface area (Å²) in [4.78, 5) is 99.3. The molecule has 3 saturated heterocycles. The first-order chi connectivity index (χ1) is 34.2. The van der Waals surface area contributed by atoms with Crippen molar-refractivity contribution in [2.45, 2.75) is 80.9 Å². The number of aromatic nitrogens is 10. The van der Waals surface area contributed by atoms with Gasteiger partial charge in [-0.25, -0.2) is 42.6 Å². The zero-order valence-corrected chi connectivity index (χ0v) is 41.3. The Morgan fingerprint density at radius 1 is 0.781 bits per heavy atom. The monoisotopic (exact) mass is 1120 g/mol. The highest BCUT2D eigenvalue weighted by Gasteiger charge is 2.54. The number of imidazole rings is 2. The minimum absolute atomic E-state index is 0.0143. The second-order valence-electron chi connectivity index (χ2n) is 16.3. The Kier molecular flexibility index (Phi) is 15.6. The smallest absolute Gasteiger partial charge is 0.387 e. The Morgan fingerprint density at radius 2 is 1.42 bits per heavy atom. The van der Waals surface area contributed by atoms with Crippen molar-refractivity contribution < 1.29 is 103 Å². The number of nitrogens with two attached hydrogens (primary N) is 2. The molecule has 3 aliphatic rings. The first-order valence-corrected chi connectivity index (χ1v) is 27.1. The van der Waals surface area contributed by atoms with E-state index in [-0.39, 0.29) is 40.5 Å². The van der Waals surface area contributed by atoms with Crippen molar-refractivity contribution in [1.82, 2.24) is 43.6 Å². The summed E-state index contributed by atoms with van der Waals surface area (Å²) in [6.45, 7) is -1.50. The number of aliphatic hydroxyl groups excluding tert-OH is 3. The van der Waals surface area contributed by atoms with Crippen LogP contribution in [0.15, 0.2) is 45.6 Å². The number of nitrogen functional groups attached to an aromatic ring is 2. The van der Waals surface area contributed by atoms with Crippen LogP contribution in [-0.2, 0) is 71.0 Å². The zero-order chi connectivity index (χ0) is 53.1. The maximum absolute atomic E-state index is 13.6. The van der Waals surface area contributed by atoms with Gasteiger partial charge in [0.2, 0.25) is 11.7 Å². The number of phosphoric acid groups is 4. The van der Waals surface area contributed by atoms with Crippen LogP contribution in [0.4, 0.5) is 11.8 Å². The molecule has 5 unspecified atom stereocenters. The number of H-pyrrole nitrogens is 2. The van der Waals surface area contributed by atoms with Crippen molar-refractivity contribution in [3.05, 3.63) is 62.4 Å². The third-order valence-electron chi connectivity index (χ3n) is 11.6. The molecule has 16 atom stereocenters. The number of phosphoric ester groups is 3. The summed E-state index contributed by atoms with van der Waals surface area (Å²) in [6, 6.07) is 0.928. The number of hydrogen-bond donors (Lipinski definition) is 11. The first kappa shape index (κ1) is 54.7. The van der Waals surface area contributed by atoms with Gasteiger partial charge in [0.1, 0.15) is 54.6 Å². The van der Waals surface area contributed by atoms with E-state index in [0.717, 1.165) is 36.6 Å². The van der Waals surface area contributed by atoms with Crippen molar-refractivity contribution in [1.29, 1.82) is 0 Å². The van der Waals surface area contributed by atoms with Gasteiger partial charge in [-0.05, 0) is 6.42 Å². The zero-order valence-electron chi connectivity index (χ0n) is 37.7. The van der Waals surface area contributed by atoms with Gasteiger partial charge in [-0.1, -0.05) is 11.9 Å². The summed E-state index contributed by atoms with van der Waals surface area (Å²) in [5, 5.41) is 32.4. The van der Waals surface area contributed by atoms with Gasteiger partial charge in [0.05, 0.1) is 39.3 Å². The molecule has 402 valence electrons. The molecule has 73 heavy (non-hydrogen) atoms. The van der Waals surface area contributed by atoms with Crippen molar-refractivity contribution in [3.63, 3.8) is 0 Å². The molecule has 8 heterocycles. The van der Waals surface area contributed by atoms with Crippen LogP contribution in [0.1, 0.15) is 32.0 Å². The number of ether oxygens (including phenoxy) is 4. The molecular weight excluding hydrogens is 1070 g/mol. The molecular formula is C33H47N12O24P4+. The predicted octanol–water partition coefficient (Wildman–Crippen LogP) is -3.21. The van der Waals surface area contributed by atoms with E-state index in [1.165, 1.54) is 27.1 Å². The number of fused-ring (bicyclic) bond motifs is 2. The van der Waals surface area contributed by atoms with Gasteiger partial charge < -0.3 is 65.3 Å². The lowest BCUT2D eigenvalue weighted by molar-refractivity contribution is -0.745. The number of methoxy groups -OCH3 is 1. The van der Waals surface area contributed by atoms with E-state index in [9.17, 15) is 67.5 Å². The van der Waals surface area contributed by atoms with Crippen LogP contribution in [0.2, 0.25) is 0 Å². The molecule has 0 bridgehead atoms. The summed E-state index contributed by atoms with van der Waals surface area (Å²) >= 11 is 0. The summed E-state index contributed by atoms with van der Waals surface area (Å²) in [5.74, 6) is -1.16. The number of aliphatic hydroxyl groups is 3. The Morgan fingerprint density at radius 3 is 2.08 bits per heavy atom. The van der Waals surface area contributed by atoms with Crippen LogP contribution in [-0.4, -0.2) is 154 Å². The van der Waals surface area contributed by atoms with E-state index >= 15 is 0 Å². The predicted molar refractivity (Wildman–Crippen MR) is 236 cm³/mol. The summed E-state index contributed by atoms with van der Waals surface area (Å²) < 4.78 is 109. The van der Waals surface area contributed by atoms with Gasteiger partial charge >= 0.3 is 42.6 Å². The van der Waals surface area contributed by atoms with E-state index in [4.69, 9.17) is 48.5 Å². The van der Waals surface area contributed by atoms with Crippen molar-refractivity contribution in [2.24, 2.45) is 13.0 Å². The van der Waals surface area contributed by atoms with Gasteiger partial charge in [0, 0.05) is 25.3 Å². The van der Waals surface area contributed by atoms with E-state index in [2.05, 4.69) is 33.5 Å². The average Bonchev–Trinajstić information content (AvgIpc) is 4.09. The molecule has 0 spiro atoms. The third kappa shape index (κ3) is 11.5. The molecule has 8 rings (SSSR count). The van der Waals surface area contributed by atoms with Gasteiger partial charge in [-0.2, -0.15) is 8.62 Å². The minimum Gasteiger partial charge on any atom is -0.387 e. The molecule has 3 aliphatic heterocycles. The van der Waals surface area contributed by atoms with Crippen LogP contribution in [0, 0.1) is 5.92 Å². The van der Waals surface area contributed by atoms with E-state index in [1.54, 1.807) is 6.92 Å². The van der Waals surface area contributed by atoms with E-state index in [1.807, 2.05) is 4.98 Å². The second kappa shape index (κ2) is 20.9. The highest BCUT2D eigenvalue weighted by Crippen LogP contribution is 2.68. The van der Waals surface area contributed by atoms with Crippen molar-refractivity contribution in [3.8, 4) is 0 Å². The Balaban J connectivity index is 0.935. The van der Waals surface area contributed by atoms with E-state index < -0.39 is 141 Å². The molecule has 36 nitrogen and oxygen atoms in total. The summed E-state index contributed by atoms with van der Waals surface area (Å²) in [5.41, 5.74) is 9.38. The molecule has 0 radical (unpaired) electrons. The standard InChI is InChI=1S/C33H46N12O24P4/c1-4-13-14(64-29(20(13)47)45-12-42(2)19-27(45)40-32(35)41-28(19)50)7-62-71(54,55)68-73(58,59)69-72(56,57)63-9-16-23(24(60-3)31(66-16)44-11-38-18-25(34)36-10-37-26(18)44)67-70(52,53)61-8-15-21(48)22(49)30(65-15)43-6-5-17(46)39-33(43)51/h5-6,10-16,20-24,29-31,47-49H,4,7-9H2,1-3H3,(H9-,34,35,36,37,39,40,41,46,50,51,52,53,54,55,56,57,58,59)/p+1/t13-,14-,15-,16-,20-,21-,22-,23-,24-,29?,30-,31-/m1/s1. The molecule has 0 saturated carbocycles. The fraction of sp³-hybridized carbons (Fsp3) is 0.576. The minimum atomic E-state index is -6.15. The van der Waals surface area contributed by atoms with Gasteiger partial charge in [0.15, 0.2) is 30.2 Å². The normalized spacial score (nSPS) is 30.9. The van der Waals surface area contributed by atoms with Crippen LogP contribution >= 0.6 is 31.3 Å². The fourth-order valence-corrected chi connectivity index (χ4v) is 12.9. The average molecular weight is 1120 g/mol. The number of nitrogens with one attached hydrogen (secondary N) is 2. The Bertz CT molecular complexity index is 3240. The quantitative estimate of drug-likeness (QED) is 0.0270. The number of nitrogens with zero attached hydrogens (tertiary/aromatic N) is 8. The van der Waals surface area contributed by atoms with Crippen LogP contribution in [0.3, 0.4) is 0 Å². The summed E-state index contributed by atoms with van der Waals surface area (Å²) in [7, 11) is -20.6. The van der Waals surface area contributed by atoms with Crippen molar-refractivity contribution >= 4 is 65.4 Å². The number of anilines is 2. The number of aromatic amines is 2. The molecule has 40 heteroatoms. The second-order valence-corrected chi connectivity index (χ2v) is 22.3. The maximum Gasteiger partial charge on any atom is 0.490 e. The molecule has 0 aromatic carbocycles. The molecule has 13 N–H and O–H groups in total. The lowest BCUT2D eigenvalue weighted by Gasteiger charge is -2.26. The van der Waals surface area contributed by atoms with Crippen molar-refractivity contribution in [2.75, 3.05) is 38.4 Å². The molecule has 5 aromatic heterocycles. The number of aryl methyl sites for hydroxylation is 1. The highest BCUT2D eigenvalue weighted by atomic mass is 31.3. The maximum atomic E-state index is 13.6. The highest BCUT2D eigenvalue weighted by molar-refractivity contribution is 7.66. The lowest BCUT2D eigenvalue weighted by Crippen LogP contribution is -2.45. The first-order valence-electron chi connectivity index (χ1n) is 21.1. The molecule has 0 aliphatic carbocycles. The Labute approximate surface area is 406 Å². The van der Waals surface area contributed by atoms with E-state index in [0.29, 0.717) is 0 Å². The number of hydrogen-bond acceptors (Lipinski definition) is 26. The third-order valence-corrected chi connectivity index (χ3v) is 16.9. The SMILES string of the molecule is CC[C@@H]1[C@@H](COP(=O)(O)OP(=O)(O)OP(=O)(O)OC[C@H]2O[C@@H](n3cnc4c(N)ncnc43)[C@H](OC)[C@@H]2OP(=O)(O)OC[C@H]2O[C@@H](n3ccc(=O)[nH]c3=O)[C@H](O)[C@@H]2O)OC([n+]2cn(C)c3c(=O)[nH]c(N)nc32)[C@@H]1O. The topological polar surface area (TPSA) is 507 Å². The van der Waals surface area contributed by atoms with Crippen LogP contribution in [0.25, 0.3) is 22.3 Å². The summed E-state index contributed by atoms with van der Waals surface area (Å²) in [6.07, 6.45) is -12.7. The van der Waals surface area contributed by atoms with Gasteiger partial charge in [-0.3, -0.25) is 51.4 Å².